The molecule has 0 bridgehead atoms. The molecule has 3 atom stereocenters. The summed E-state index contributed by atoms with van der Waals surface area (Å²) in [6.07, 6.45) is 10.9. The number of pyridine rings is 1. The van der Waals surface area contributed by atoms with E-state index in [0.29, 0.717) is 11.1 Å². The van der Waals surface area contributed by atoms with Gasteiger partial charge >= 0.3 is 0 Å². The van der Waals surface area contributed by atoms with E-state index in [4.69, 9.17) is 0 Å². The molecule has 0 radical (unpaired) electrons. The quantitative estimate of drug-likeness (QED) is 0.365. The molecule has 3 unspecified atom stereocenters. The molecule has 1 aliphatic heterocycles. The van der Waals surface area contributed by atoms with Gasteiger partial charge in [-0.05, 0) is 69.0 Å². The van der Waals surface area contributed by atoms with E-state index in [9.17, 15) is 9.18 Å². The molecule has 0 fully saturated rings. The number of carbonyl (C=O) groups is 1. The molecule has 178 valence electrons. The lowest BCUT2D eigenvalue weighted by Gasteiger charge is -2.23. The van der Waals surface area contributed by atoms with Gasteiger partial charge in [0.05, 0.1) is 0 Å². The number of hydrogen-bond donors (Lipinski definition) is 1. The van der Waals surface area contributed by atoms with Crippen molar-refractivity contribution in [2.45, 2.75) is 53.6 Å². The summed E-state index contributed by atoms with van der Waals surface area (Å²) in [5.74, 6) is -0.780. The van der Waals surface area contributed by atoms with E-state index < -0.39 is 5.83 Å². The van der Waals surface area contributed by atoms with Crippen molar-refractivity contribution in [3.63, 3.8) is 0 Å². The maximum absolute atomic E-state index is 14.6. The molecule has 1 N–H and O–H groups in total. The second-order valence-corrected chi connectivity index (χ2v) is 8.70. The summed E-state index contributed by atoms with van der Waals surface area (Å²) in [5, 5.41) is 3.04. The highest BCUT2D eigenvalue weighted by Crippen LogP contribution is 2.28. The van der Waals surface area contributed by atoms with Crippen LogP contribution in [0.5, 0.6) is 0 Å². The molecule has 0 aliphatic carbocycles. The zero-order chi connectivity index (χ0) is 24.4. The predicted molar refractivity (Wildman–Crippen MR) is 135 cm³/mol. The molecule has 2 rings (SSSR count). The minimum atomic E-state index is -0.432. The number of allylic oxidation sites excluding steroid dienone is 5. The Bertz CT molecular complexity index is 930. The molecular weight excluding hydrogens is 415 g/mol. The number of nitrogens with one attached hydrogen (secondary N) is 1. The molecule has 1 amide bonds. The van der Waals surface area contributed by atoms with Crippen LogP contribution in [-0.4, -0.2) is 41.1 Å². The molecule has 0 spiro atoms. The number of aromatic nitrogens is 1. The average Bonchev–Trinajstić information content (AvgIpc) is 2.81. The molecule has 0 saturated carbocycles. The van der Waals surface area contributed by atoms with Crippen LogP contribution in [0.1, 0.15) is 45.4 Å². The lowest BCUT2D eigenvalue weighted by atomic mass is 9.85. The van der Waals surface area contributed by atoms with Crippen molar-refractivity contribution in [2.75, 3.05) is 13.1 Å². The SMILES string of the molecule is C=C/C(F)=C(\C=C(/C)C(=O)NC(C)CCN(CC)Cc1ccc(C)nc1)C1C=NC=CC1C. The standard InChI is InChI=1S/C27H37FN4O/c1-7-26(28)24(25-17-29-13-11-19(25)3)15-20(4)27(33)31-22(6)12-14-32(8-2)18-23-10-9-21(5)30-16-23/h7,9-11,13,15-17,19,22,25H,1,8,12,14,18H2,2-6H3,(H,31,33)/b20-15+,26-24-. The van der Waals surface area contributed by atoms with Gasteiger partial charge in [0.2, 0.25) is 5.91 Å². The van der Waals surface area contributed by atoms with Crippen molar-refractivity contribution in [2.24, 2.45) is 16.8 Å². The zero-order valence-electron chi connectivity index (χ0n) is 20.5. The molecule has 1 aromatic heterocycles. The molecule has 0 saturated heterocycles. The highest BCUT2D eigenvalue weighted by Gasteiger charge is 2.22. The second kappa shape index (κ2) is 13.0. The van der Waals surface area contributed by atoms with E-state index in [-0.39, 0.29) is 23.8 Å². The van der Waals surface area contributed by atoms with Gasteiger partial charge in [0.1, 0.15) is 5.83 Å². The zero-order valence-corrected chi connectivity index (χ0v) is 20.5. The van der Waals surface area contributed by atoms with Gasteiger partial charge in [-0.15, -0.1) is 0 Å². The maximum Gasteiger partial charge on any atom is 0.247 e. The Labute approximate surface area is 197 Å². The number of halogens is 1. The average molecular weight is 453 g/mol. The molecule has 2 heterocycles. The summed E-state index contributed by atoms with van der Waals surface area (Å²) in [4.78, 5) is 23.6. The number of rotatable bonds is 11. The number of carbonyl (C=O) groups excluding carboxylic acids is 1. The summed E-state index contributed by atoms with van der Waals surface area (Å²) in [6.45, 7) is 16.0. The maximum atomic E-state index is 14.6. The largest absolute Gasteiger partial charge is 0.350 e. The van der Waals surface area contributed by atoms with Crippen LogP contribution in [0.25, 0.3) is 0 Å². The molecule has 6 heteroatoms. The number of aliphatic imine (C=N–C) groups is 1. The van der Waals surface area contributed by atoms with Crippen molar-refractivity contribution in [1.82, 2.24) is 15.2 Å². The van der Waals surface area contributed by atoms with Crippen molar-refractivity contribution in [3.05, 3.63) is 77.6 Å². The third-order valence-electron chi connectivity index (χ3n) is 5.91. The van der Waals surface area contributed by atoms with Crippen LogP contribution in [0.3, 0.4) is 0 Å². The highest BCUT2D eigenvalue weighted by molar-refractivity contribution is 5.93. The fourth-order valence-electron chi connectivity index (χ4n) is 3.67. The minimum absolute atomic E-state index is 0.0131. The van der Waals surface area contributed by atoms with Gasteiger partial charge in [-0.25, -0.2) is 4.39 Å². The second-order valence-electron chi connectivity index (χ2n) is 8.70. The van der Waals surface area contributed by atoms with E-state index >= 15 is 0 Å². The molecule has 0 aromatic carbocycles. The summed E-state index contributed by atoms with van der Waals surface area (Å²) in [6, 6.07) is 4.11. The van der Waals surface area contributed by atoms with Crippen LogP contribution in [0.2, 0.25) is 0 Å². The first-order chi connectivity index (χ1) is 15.7. The molecule has 1 aliphatic rings. The van der Waals surface area contributed by atoms with Crippen LogP contribution in [0.4, 0.5) is 4.39 Å². The fraction of sp³-hybridized carbons (Fsp3) is 0.444. The predicted octanol–water partition coefficient (Wildman–Crippen LogP) is 5.31. The van der Waals surface area contributed by atoms with E-state index in [0.717, 1.165) is 31.7 Å². The number of amides is 1. The molecule has 5 nitrogen and oxygen atoms in total. The van der Waals surface area contributed by atoms with Gasteiger partial charge < -0.3 is 5.32 Å². The van der Waals surface area contributed by atoms with Crippen LogP contribution < -0.4 is 5.32 Å². The van der Waals surface area contributed by atoms with E-state index in [2.05, 4.69) is 39.8 Å². The van der Waals surface area contributed by atoms with Gasteiger partial charge in [-0.1, -0.05) is 32.6 Å². The van der Waals surface area contributed by atoms with Crippen molar-refractivity contribution in [1.29, 1.82) is 0 Å². The Kier molecular flexibility index (Phi) is 10.4. The van der Waals surface area contributed by atoms with Gasteiger partial charge in [0.25, 0.3) is 0 Å². The first-order valence-corrected chi connectivity index (χ1v) is 11.6. The van der Waals surface area contributed by atoms with E-state index in [1.54, 1.807) is 25.4 Å². The van der Waals surface area contributed by atoms with Crippen LogP contribution in [-0.2, 0) is 11.3 Å². The lowest BCUT2D eigenvalue weighted by molar-refractivity contribution is -0.118. The van der Waals surface area contributed by atoms with Crippen LogP contribution in [0, 0.1) is 18.8 Å². The van der Waals surface area contributed by atoms with E-state index in [1.165, 1.54) is 11.6 Å². The first kappa shape index (κ1) is 26.4. The summed E-state index contributed by atoms with van der Waals surface area (Å²) in [7, 11) is 0. The van der Waals surface area contributed by atoms with Gasteiger partial charge in [0, 0.05) is 54.9 Å². The Hall–Kier alpha value is -2.86. The third kappa shape index (κ3) is 8.21. The van der Waals surface area contributed by atoms with Crippen molar-refractivity contribution in [3.8, 4) is 0 Å². The molecular formula is C27H37FN4O. The summed E-state index contributed by atoms with van der Waals surface area (Å²) >= 11 is 0. The Morgan fingerprint density at radius 2 is 2.15 bits per heavy atom. The number of hydrogen-bond acceptors (Lipinski definition) is 4. The molecule has 1 aromatic rings. The Morgan fingerprint density at radius 3 is 2.76 bits per heavy atom. The highest BCUT2D eigenvalue weighted by atomic mass is 19.1. The monoisotopic (exact) mass is 452 g/mol. The minimum Gasteiger partial charge on any atom is -0.350 e. The Balaban J connectivity index is 1.96. The van der Waals surface area contributed by atoms with Crippen molar-refractivity contribution < 1.29 is 9.18 Å². The number of aryl methyl sites for hydroxylation is 1. The Morgan fingerprint density at radius 1 is 1.39 bits per heavy atom. The topological polar surface area (TPSA) is 57.6 Å². The van der Waals surface area contributed by atoms with Crippen LogP contribution >= 0.6 is 0 Å². The van der Waals surface area contributed by atoms with Gasteiger partial charge in [-0.3, -0.25) is 19.7 Å². The molecule has 33 heavy (non-hydrogen) atoms. The first-order valence-electron chi connectivity index (χ1n) is 11.6. The normalized spacial score (nSPS) is 19.9. The van der Waals surface area contributed by atoms with E-state index in [1.807, 2.05) is 39.1 Å². The fourth-order valence-corrected chi connectivity index (χ4v) is 3.67. The van der Waals surface area contributed by atoms with Gasteiger partial charge in [0.15, 0.2) is 0 Å². The smallest absolute Gasteiger partial charge is 0.247 e. The lowest BCUT2D eigenvalue weighted by Crippen LogP contribution is -2.36. The summed E-state index contributed by atoms with van der Waals surface area (Å²) in [5.41, 5.74) is 3.07. The van der Waals surface area contributed by atoms with Gasteiger partial charge in [-0.2, -0.15) is 0 Å². The number of nitrogens with zero attached hydrogens (tertiary/aromatic N) is 3. The summed E-state index contributed by atoms with van der Waals surface area (Å²) < 4.78 is 14.6. The third-order valence-corrected chi connectivity index (χ3v) is 5.91. The van der Waals surface area contributed by atoms with Crippen molar-refractivity contribution >= 4 is 12.1 Å². The van der Waals surface area contributed by atoms with Crippen LogP contribution in [0.15, 0.2) is 71.3 Å².